The Labute approximate surface area is 102 Å². The zero-order chi connectivity index (χ0) is 12.1. The molecule has 0 atom stereocenters. The van der Waals surface area contributed by atoms with Gasteiger partial charge in [0.1, 0.15) is 0 Å². The van der Waals surface area contributed by atoms with Crippen molar-refractivity contribution in [2.75, 3.05) is 20.1 Å². The molecule has 0 unspecified atom stereocenters. The minimum absolute atomic E-state index is 0.894. The summed E-state index contributed by atoms with van der Waals surface area (Å²) in [5.74, 6) is 0. The van der Waals surface area contributed by atoms with E-state index >= 15 is 0 Å². The third-order valence-corrected chi connectivity index (χ3v) is 2.80. The zero-order valence-corrected chi connectivity index (χ0v) is 10.5. The summed E-state index contributed by atoms with van der Waals surface area (Å²) in [6.07, 6.45) is 0. The monoisotopic (exact) mass is 229 g/mol. The van der Waals surface area contributed by atoms with Crippen LogP contribution in [0.3, 0.4) is 0 Å². The number of aryl methyl sites for hydroxylation is 1. The fraction of sp³-hybridized carbons (Fsp3) is 0.357. The van der Waals surface area contributed by atoms with E-state index in [1.807, 2.05) is 20.0 Å². The standard InChI is InChI=1S/C14H19N3/c1-11-9-12(10-16-8-7-15-2)13-5-3-4-6-14(13)17-11/h3-6,9,15-16H,7-8,10H2,1-2H3. The van der Waals surface area contributed by atoms with Crippen molar-refractivity contribution in [3.63, 3.8) is 0 Å². The molecule has 0 saturated heterocycles. The van der Waals surface area contributed by atoms with Crippen molar-refractivity contribution >= 4 is 10.9 Å². The maximum absolute atomic E-state index is 4.54. The lowest BCUT2D eigenvalue weighted by atomic mass is 10.1. The number of para-hydroxylation sites is 1. The molecule has 3 heteroatoms. The van der Waals surface area contributed by atoms with E-state index in [1.165, 1.54) is 10.9 Å². The first kappa shape index (κ1) is 12.0. The molecule has 0 bridgehead atoms. The molecular weight excluding hydrogens is 210 g/mol. The molecule has 90 valence electrons. The van der Waals surface area contributed by atoms with Crippen molar-refractivity contribution in [3.8, 4) is 0 Å². The van der Waals surface area contributed by atoms with E-state index in [1.54, 1.807) is 0 Å². The SMILES string of the molecule is CNCCNCc1cc(C)nc2ccccc12. The second-order valence-corrected chi connectivity index (χ2v) is 4.22. The number of benzene rings is 1. The predicted octanol–water partition coefficient (Wildman–Crippen LogP) is 1.85. The summed E-state index contributed by atoms with van der Waals surface area (Å²) in [5, 5.41) is 7.80. The van der Waals surface area contributed by atoms with Crippen molar-refractivity contribution in [2.24, 2.45) is 0 Å². The average Bonchev–Trinajstić information content (AvgIpc) is 2.34. The van der Waals surface area contributed by atoms with Crippen molar-refractivity contribution in [1.29, 1.82) is 0 Å². The number of hydrogen-bond donors (Lipinski definition) is 2. The fourth-order valence-electron chi connectivity index (χ4n) is 1.98. The number of nitrogens with zero attached hydrogens (tertiary/aromatic N) is 1. The first-order chi connectivity index (χ1) is 8.31. The van der Waals surface area contributed by atoms with Crippen LogP contribution in [0.25, 0.3) is 10.9 Å². The lowest BCUT2D eigenvalue weighted by molar-refractivity contribution is 0.652. The Morgan fingerprint density at radius 3 is 2.82 bits per heavy atom. The second-order valence-electron chi connectivity index (χ2n) is 4.22. The molecule has 0 aliphatic carbocycles. The fourth-order valence-corrected chi connectivity index (χ4v) is 1.98. The first-order valence-corrected chi connectivity index (χ1v) is 6.02. The molecule has 0 aliphatic heterocycles. The summed E-state index contributed by atoms with van der Waals surface area (Å²) in [4.78, 5) is 4.54. The molecule has 0 saturated carbocycles. The van der Waals surface area contributed by atoms with E-state index in [2.05, 4.69) is 39.9 Å². The largest absolute Gasteiger partial charge is 0.318 e. The van der Waals surface area contributed by atoms with Crippen LogP contribution in [-0.2, 0) is 6.54 Å². The molecule has 0 amide bonds. The van der Waals surface area contributed by atoms with Crippen LogP contribution in [0.4, 0.5) is 0 Å². The Kier molecular flexibility index (Phi) is 4.07. The van der Waals surface area contributed by atoms with Crippen LogP contribution in [-0.4, -0.2) is 25.1 Å². The van der Waals surface area contributed by atoms with Crippen molar-refractivity contribution < 1.29 is 0 Å². The molecule has 2 N–H and O–H groups in total. The maximum Gasteiger partial charge on any atom is 0.0708 e. The van der Waals surface area contributed by atoms with E-state index in [0.717, 1.165) is 30.8 Å². The summed E-state index contributed by atoms with van der Waals surface area (Å²) in [5.41, 5.74) is 3.48. The molecule has 2 aromatic rings. The highest BCUT2D eigenvalue weighted by Crippen LogP contribution is 2.17. The number of pyridine rings is 1. The van der Waals surface area contributed by atoms with Gasteiger partial charge in [0, 0.05) is 30.7 Å². The summed E-state index contributed by atoms with van der Waals surface area (Å²) in [6, 6.07) is 10.5. The van der Waals surface area contributed by atoms with Gasteiger partial charge in [-0.1, -0.05) is 18.2 Å². The predicted molar refractivity (Wildman–Crippen MR) is 72.1 cm³/mol. The van der Waals surface area contributed by atoms with Crippen LogP contribution in [0.1, 0.15) is 11.3 Å². The Balaban J connectivity index is 2.20. The van der Waals surface area contributed by atoms with Gasteiger partial charge in [-0.05, 0) is 31.7 Å². The Morgan fingerprint density at radius 1 is 1.18 bits per heavy atom. The number of likely N-dealkylation sites (N-methyl/N-ethyl adjacent to an activating group) is 1. The first-order valence-electron chi connectivity index (χ1n) is 6.02. The van der Waals surface area contributed by atoms with Crippen LogP contribution < -0.4 is 10.6 Å². The second kappa shape index (κ2) is 5.75. The van der Waals surface area contributed by atoms with Crippen LogP contribution in [0.2, 0.25) is 0 Å². The highest BCUT2D eigenvalue weighted by molar-refractivity contribution is 5.82. The number of rotatable bonds is 5. The van der Waals surface area contributed by atoms with Gasteiger partial charge in [0.05, 0.1) is 5.52 Å². The molecule has 2 rings (SSSR count). The topological polar surface area (TPSA) is 37.0 Å². The maximum atomic E-state index is 4.54. The van der Waals surface area contributed by atoms with Crippen molar-refractivity contribution in [3.05, 3.63) is 41.6 Å². The van der Waals surface area contributed by atoms with Gasteiger partial charge in [0.2, 0.25) is 0 Å². The normalized spacial score (nSPS) is 10.9. The Hall–Kier alpha value is -1.45. The lowest BCUT2D eigenvalue weighted by Crippen LogP contribution is -2.24. The van der Waals surface area contributed by atoms with Gasteiger partial charge in [0.15, 0.2) is 0 Å². The average molecular weight is 229 g/mol. The highest BCUT2D eigenvalue weighted by Gasteiger charge is 2.02. The van der Waals surface area contributed by atoms with Crippen LogP contribution in [0, 0.1) is 6.92 Å². The van der Waals surface area contributed by atoms with Crippen LogP contribution in [0.15, 0.2) is 30.3 Å². The summed E-state index contributed by atoms with van der Waals surface area (Å²) in [7, 11) is 1.97. The van der Waals surface area contributed by atoms with E-state index in [0.29, 0.717) is 0 Å². The van der Waals surface area contributed by atoms with Crippen LogP contribution >= 0.6 is 0 Å². The van der Waals surface area contributed by atoms with Gasteiger partial charge in [-0.2, -0.15) is 0 Å². The van der Waals surface area contributed by atoms with Gasteiger partial charge in [-0.15, -0.1) is 0 Å². The van der Waals surface area contributed by atoms with E-state index in [4.69, 9.17) is 0 Å². The third kappa shape index (κ3) is 3.02. The molecule has 17 heavy (non-hydrogen) atoms. The van der Waals surface area contributed by atoms with Gasteiger partial charge < -0.3 is 10.6 Å². The number of nitrogens with one attached hydrogen (secondary N) is 2. The minimum Gasteiger partial charge on any atom is -0.318 e. The molecule has 1 aromatic heterocycles. The van der Waals surface area contributed by atoms with Gasteiger partial charge >= 0.3 is 0 Å². The molecule has 0 spiro atoms. The number of hydrogen-bond acceptors (Lipinski definition) is 3. The lowest BCUT2D eigenvalue weighted by Gasteiger charge is -2.09. The summed E-state index contributed by atoms with van der Waals surface area (Å²) >= 11 is 0. The molecule has 0 aliphatic rings. The van der Waals surface area contributed by atoms with Gasteiger partial charge in [0.25, 0.3) is 0 Å². The minimum atomic E-state index is 0.894. The number of aromatic nitrogens is 1. The highest BCUT2D eigenvalue weighted by atomic mass is 14.9. The Bertz CT molecular complexity index is 494. The molecule has 1 heterocycles. The summed E-state index contributed by atoms with van der Waals surface area (Å²) < 4.78 is 0. The van der Waals surface area contributed by atoms with E-state index in [9.17, 15) is 0 Å². The smallest absolute Gasteiger partial charge is 0.0708 e. The Morgan fingerprint density at radius 2 is 2.00 bits per heavy atom. The van der Waals surface area contributed by atoms with Crippen molar-refractivity contribution in [2.45, 2.75) is 13.5 Å². The van der Waals surface area contributed by atoms with Gasteiger partial charge in [-0.3, -0.25) is 4.98 Å². The molecule has 3 nitrogen and oxygen atoms in total. The van der Waals surface area contributed by atoms with Crippen molar-refractivity contribution in [1.82, 2.24) is 15.6 Å². The summed E-state index contributed by atoms with van der Waals surface area (Å²) in [6.45, 7) is 4.91. The molecular formula is C14H19N3. The van der Waals surface area contributed by atoms with E-state index < -0.39 is 0 Å². The van der Waals surface area contributed by atoms with Crippen LogP contribution in [0.5, 0.6) is 0 Å². The third-order valence-electron chi connectivity index (χ3n) is 2.80. The molecule has 0 fully saturated rings. The van der Waals surface area contributed by atoms with E-state index in [-0.39, 0.29) is 0 Å². The zero-order valence-electron chi connectivity index (χ0n) is 10.5. The number of fused-ring (bicyclic) bond motifs is 1. The molecule has 1 aromatic carbocycles. The quantitative estimate of drug-likeness (QED) is 0.768. The molecule has 0 radical (unpaired) electrons. The van der Waals surface area contributed by atoms with Gasteiger partial charge in [-0.25, -0.2) is 0 Å².